The van der Waals surface area contributed by atoms with E-state index in [4.69, 9.17) is 10.5 Å². The lowest BCUT2D eigenvalue weighted by molar-refractivity contribution is -0.128. The van der Waals surface area contributed by atoms with Gasteiger partial charge in [0.15, 0.2) is 0 Å². The molecular weight excluding hydrogens is 314 g/mol. The van der Waals surface area contributed by atoms with Crippen molar-refractivity contribution in [1.29, 1.82) is 0 Å². The largest absolute Gasteiger partial charge is 0.508 e. The summed E-state index contributed by atoms with van der Waals surface area (Å²) in [4.78, 5) is 12.4. The number of fused-ring (bicyclic) bond motifs is 1. The van der Waals surface area contributed by atoms with Crippen LogP contribution < -0.4 is 5.73 Å². The molecule has 2 fully saturated rings. The van der Waals surface area contributed by atoms with Gasteiger partial charge in [-0.05, 0) is 61.3 Å². The third-order valence-electron chi connectivity index (χ3n) is 6.93. The summed E-state index contributed by atoms with van der Waals surface area (Å²) in [5.74, 6) is 1.24. The van der Waals surface area contributed by atoms with E-state index in [0.717, 1.165) is 32.1 Å². The Kier molecular flexibility index (Phi) is 4.95. The highest BCUT2D eigenvalue weighted by molar-refractivity contribution is 5.89. The highest BCUT2D eigenvalue weighted by Gasteiger charge is 2.57. The second-order valence-corrected chi connectivity index (χ2v) is 8.22. The highest BCUT2D eigenvalue weighted by Crippen LogP contribution is 2.55. The standard InChI is InChI=1S/C21H31NO3/c1-4-14(13-25-3)18-11-16(23)5-6-17(18)15-7-9-20(2)19(24)8-10-21(20,22)12-15/h5-6,11,14-15,23H,4,7-10,12-13,22H2,1-3H3/t14-,15+,20-,21-/m1/s1. The summed E-state index contributed by atoms with van der Waals surface area (Å²) in [6.07, 6.45) is 5.04. The molecule has 2 aliphatic carbocycles. The van der Waals surface area contributed by atoms with Crippen LogP contribution in [-0.4, -0.2) is 30.1 Å². The molecule has 0 unspecified atom stereocenters. The van der Waals surface area contributed by atoms with E-state index < -0.39 is 5.54 Å². The molecular formula is C21H31NO3. The summed E-state index contributed by atoms with van der Waals surface area (Å²) in [5.41, 5.74) is 8.45. The van der Waals surface area contributed by atoms with Crippen LogP contribution in [0.25, 0.3) is 0 Å². The molecule has 0 radical (unpaired) electrons. The van der Waals surface area contributed by atoms with Crippen LogP contribution >= 0.6 is 0 Å². The number of ketones is 1. The number of aromatic hydroxyl groups is 1. The maximum atomic E-state index is 12.4. The Morgan fingerprint density at radius 1 is 1.40 bits per heavy atom. The van der Waals surface area contributed by atoms with E-state index in [1.54, 1.807) is 13.2 Å². The van der Waals surface area contributed by atoms with Crippen molar-refractivity contribution in [1.82, 2.24) is 0 Å². The third kappa shape index (κ3) is 3.00. The minimum atomic E-state index is -0.398. The van der Waals surface area contributed by atoms with E-state index in [9.17, 15) is 9.90 Å². The van der Waals surface area contributed by atoms with Gasteiger partial charge in [-0.2, -0.15) is 0 Å². The van der Waals surface area contributed by atoms with Gasteiger partial charge in [-0.3, -0.25) is 4.79 Å². The average molecular weight is 345 g/mol. The van der Waals surface area contributed by atoms with Gasteiger partial charge in [0, 0.05) is 30.4 Å². The van der Waals surface area contributed by atoms with Gasteiger partial charge >= 0.3 is 0 Å². The molecule has 0 heterocycles. The summed E-state index contributed by atoms with van der Waals surface area (Å²) in [7, 11) is 1.72. The Hall–Kier alpha value is -1.39. The number of rotatable bonds is 5. The second-order valence-electron chi connectivity index (χ2n) is 8.22. The fourth-order valence-electron chi connectivity index (χ4n) is 5.07. The first-order valence-electron chi connectivity index (χ1n) is 9.48. The van der Waals surface area contributed by atoms with Crippen LogP contribution in [0.2, 0.25) is 0 Å². The molecule has 3 rings (SSSR count). The molecule has 0 bridgehead atoms. The molecule has 3 N–H and O–H groups in total. The molecule has 2 saturated carbocycles. The molecule has 0 saturated heterocycles. The molecule has 4 atom stereocenters. The fraction of sp³-hybridized carbons (Fsp3) is 0.667. The first kappa shape index (κ1) is 18.4. The van der Waals surface area contributed by atoms with Crippen molar-refractivity contribution in [3.05, 3.63) is 29.3 Å². The molecule has 1 aromatic rings. The molecule has 0 aromatic heterocycles. The van der Waals surface area contributed by atoms with Crippen LogP contribution in [0.5, 0.6) is 5.75 Å². The van der Waals surface area contributed by atoms with Crippen LogP contribution in [0.15, 0.2) is 18.2 Å². The van der Waals surface area contributed by atoms with Crippen LogP contribution in [0.4, 0.5) is 0 Å². The fourth-order valence-corrected chi connectivity index (χ4v) is 5.07. The van der Waals surface area contributed by atoms with E-state index >= 15 is 0 Å². The van der Waals surface area contributed by atoms with E-state index in [1.807, 2.05) is 6.07 Å². The Labute approximate surface area is 150 Å². The molecule has 0 amide bonds. The molecule has 25 heavy (non-hydrogen) atoms. The second kappa shape index (κ2) is 6.73. The van der Waals surface area contributed by atoms with Crippen LogP contribution in [0, 0.1) is 5.41 Å². The molecule has 4 nitrogen and oxygen atoms in total. The van der Waals surface area contributed by atoms with Crippen molar-refractivity contribution in [3.8, 4) is 5.75 Å². The first-order chi connectivity index (χ1) is 11.8. The Morgan fingerprint density at radius 2 is 2.16 bits per heavy atom. The molecule has 4 heteroatoms. The number of nitrogens with two attached hydrogens (primary N) is 1. The highest BCUT2D eigenvalue weighted by atomic mass is 16.5. The van der Waals surface area contributed by atoms with Crippen molar-refractivity contribution in [2.24, 2.45) is 11.1 Å². The maximum absolute atomic E-state index is 12.4. The third-order valence-corrected chi connectivity index (χ3v) is 6.93. The number of ether oxygens (including phenoxy) is 1. The number of benzene rings is 1. The average Bonchev–Trinajstić information content (AvgIpc) is 2.83. The minimum absolute atomic E-state index is 0.263. The number of hydrogen-bond donors (Lipinski definition) is 2. The summed E-state index contributed by atoms with van der Waals surface area (Å²) in [5, 5.41) is 10.0. The van der Waals surface area contributed by atoms with Gasteiger partial charge in [0.2, 0.25) is 0 Å². The Morgan fingerprint density at radius 3 is 2.84 bits per heavy atom. The van der Waals surface area contributed by atoms with Gasteiger partial charge in [0.1, 0.15) is 11.5 Å². The number of phenols is 1. The van der Waals surface area contributed by atoms with E-state index in [1.165, 1.54) is 11.1 Å². The summed E-state index contributed by atoms with van der Waals surface area (Å²) < 4.78 is 5.40. The van der Waals surface area contributed by atoms with Crippen LogP contribution in [-0.2, 0) is 9.53 Å². The molecule has 0 aliphatic heterocycles. The lowest BCUT2D eigenvalue weighted by Gasteiger charge is -2.47. The van der Waals surface area contributed by atoms with Crippen molar-refractivity contribution in [2.75, 3.05) is 13.7 Å². The summed E-state index contributed by atoms with van der Waals surface area (Å²) in [6, 6.07) is 5.71. The molecule has 2 aliphatic rings. The number of hydrogen-bond acceptors (Lipinski definition) is 4. The SMILES string of the molecule is CC[C@H](COC)c1cc(O)ccc1[C@H]1CC[C@]2(C)C(=O)CC[C@@]2(N)C1. The van der Waals surface area contributed by atoms with Gasteiger partial charge in [0.05, 0.1) is 6.61 Å². The molecule has 0 spiro atoms. The van der Waals surface area contributed by atoms with E-state index in [2.05, 4.69) is 19.9 Å². The molecule has 1 aromatic carbocycles. The smallest absolute Gasteiger partial charge is 0.140 e. The Bertz CT molecular complexity index is 659. The lowest BCUT2D eigenvalue weighted by Crippen LogP contribution is -2.56. The van der Waals surface area contributed by atoms with Gasteiger partial charge in [-0.25, -0.2) is 0 Å². The van der Waals surface area contributed by atoms with Crippen LogP contribution in [0.1, 0.15) is 75.3 Å². The quantitative estimate of drug-likeness (QED) is 0.850. The first-order valence-corrected chi connectivity index (χ1v) is 9.48. The Balaban J connectivity index is 1.94. The van der Waals surface area contributed by atoms with Crippen LogP contribution in [0.3, 0.4) is 0 Å². The van der Waals surface area contributed by atoms with Gasteiger partial charge < -0.3 is 15.6 Å². The van der Waals surface area contributed by atoms with Crippen molar-refractivity contribution in [3.63, 3.8) is 0 Å². The number of phenolic OH excluding ortho intramolecular Hbond substituents is 1. The minimum Gasteiger partial charge on any atom is -0.508 e. The lowest BCUT2D eigenvalue weighted by atomic mass is 9.59. The summed E-state index contributed by atoms with van der Waals surface area (Å²) in [6.45, 7) is 4.86. The van der Waals surface area contributed by atoms with Crippen molar-refractivity contribution >= 4 is 5.78 Å². The topological polar surface area (TPSA) is 72.5 Å². The summed E-state index contributed by atoms with van der Waals surface area (Å²) >= 11 is 0. The normalized spacial score (nSPS) is 33.3. The predicted molar refractivity (Wildman–Crippen MR) is 98.9 cm³/mol. The van der Waals surface area contributed by atoms with E-state index in [0.29, 0.717) is 30.5 Å². The zero-order chi connectivity index (χ0) is 18.2. The monoisotopic (exact) mass is 345 g/mol. The van der Waals surface area contributed by atoms with Gasteiger partial charge in [0.25, 0.3) is 0 Å². The number of carbonyl (C=O) groups excluding carboxylic acids is 1. The number of carbonyl (C=O) groups is 1. The van der Waals surface area contributed by atoms with Crippen molar-refractivity contribution < 1.29 is 14.6 Å². The van der Waals surface area contributed by atoms with Gasteiger partial charge in [-0.15, -0.1) is 0 Å². The van der Waals surface area contributed by atoms with E-state index in [-0.39, 0.29) is 11.3 Å². The number of methoxy groups -OCH3 is 1. The van der Waals surface area contributed by atoms with Crippen molar-refractivity contribution in [2.45, 2.75) is 69.7 Å². The number of Topliss-reactive ketones (excluding diaryl/α,β-unsaturated/α-hetero) is 1. The zero-order valence-electron chi connectivity index (χ0n) is 15.7. The van der Waals surface area contributed by atoms with Gasteiger partial charge in [-0.1, -0.05) is 19.9 Å². The maximum Gasteiger partial charge on any atom is 0.140 e. The predicted octanol–water partition coefficient (Wildman–Crippen LogP) is 3.87. The zero-order valence-corrected chi connectivity index (χ0v) is 15.7. The molecule has 138 valence electrons.